The molecule has 1 fully saturated rings. The quantitative estimate of drug-likeness (QED) is 0.876. The van der Waals surface area contributed by atoms with Gasteiger partial charge in [0.25, 0.3) is 0 Å². The van der Waals surface area contributed by atoms with Crippen LogP contribution in [-0.4, -0.2) is 23.8 Å². The zero-order chi connectivity index (χ0) is 13.0. The van der Waals surface area contributed by atoms with E-state index in [-0.39, 0.29) is 6.10 Å². The molecule has 0 saturated carbocycles. The summed E-state index contributed by atoms with van der Waals surface area (Å²) in [6.07, 6.45) is 3.41. The van der Waals surface area contributed by atoms with E-state index in [1.807, 2.05) is 0 Å². The van der Waals surface area contributed by atoms with E-state index >= 15 is 0 Å². The molecule has 0 aromatic heterocycles. The molecule has 1 aliphatic heterocycles. The third kappa shape index (κ3) is 3.29. The Hall–Kier alpha value is -1.42. The van der Waals surface area contributed by atoms with Gasteiger partial charge in [-0.25, -0.2) is 4.39 Å². The topological polar surface area (TPSA) is 46.5 Å². The highest BCUT2D eigenvalue weighted by atomic mass is 19.1. The molecule has 1 saturated heterocycles. The van der Waals surface area contributed by atoms with Crippen LogP contribution >= 0.6 is 0 Å². The van der Waals surface area contributed by atoms with Crippen LogP contribution in [0.1, 0.15) is 37.2 Å². The predicted octanol–water partition coefficient (Wildman–Crippen LogP) is 2.95. The van der Waals surface area contributed by atoms with Crippen LogP contribution in [0.15, 0.2) is 24.3 Å². The van der Waals surface area contributed by atoms with Crippen molar-refractivity contribution in [3.8, 4) is 0 Å². The summed E-state index contributed by atoms with van der Waals surface area (Å²) < 4.78 is 18.6. The maximum atomic E-state index is 13.1. The van der Waals surface area contributed by atoms with E-state index < -0.39 is 17.7 Å². The Morgan fingerprint density at radius 1 is 1.56 bits per heavy atom. The molecule has 0 spiro atoms. The van der Waals surface area contributed by atoms with E-state index in [9.17, 15) is 14.3 Å². The van der Waals surface area contributed by atoms with Crippen molar-refractivity contribution < 1.29 is 19.0 Å². The van der Waals surface area contributed by atoms with Gasteiger partial charge in [-0.15, -0.1) is 0 Å². The molecule has 0 aliphatic carbocycles. The molecule has 98 valence electrons. The Morgan fingerprint density at radius 3 is 3.00 bits per heavy atom. The lowest BCUT2D eigenvalue weighted by molar-refractivity contribution is -0.139. The predicted molar refractivity (Wildman–Crippen MR) is 65.0 cm³/mol. The molecule has 2 rings (SSSR count). The number of carbonyl (C=O) groups is 1. The van der Waals surface area contributed by atoms with Crippen LogP contribution in [0, 0.1) is 5.82 Å². The van der Waals surface area contributed by atoms with Crippen LogP contribution in [0.2, 0.25) is 0 Å². The van der Waals surface area contributed by atoms with E-state index in [2.05, 4.69) is 0 Å². The first kappa shape index (κ1) is 13.0. The van der Waals surface area contributed by atoms with Crippen LogP contribution in [0.3, 0.4) is 0 Å². The van der Waals surface area contributed by atoms with Crippen LogP contribution in [0.4, 0.5) is 4.39 Å². The summed E-state index contributed by atoms with van der Waals surface area (Å²) in [5.74, 6) is -1.95. The van der Waals surface area contributed by atoms with Gasteiger partial charge in [-0.2, -0.15) is 0 Å². The van der Waals surface area contributed by atoms with E-state index in [0.29, 0.717) is 18.4 Å². The molecule has 2 unspecified atom stereocenters. The third-order valence-corrected chi connectivity index (χ3v) is 3.35. The van der Waals surface area contributed by atoms with Crippen molar-refractivity contribution in [3.05, 3.63) is 35.6 Å². The molecule has 1 heterocycles. The molecular formula is C14H17FO3. The van der Waals surface area contributed by atoms with Crippen LogP contribution < -0.4 is 0 Å². The SMILES string of the molecule is O=C(O)C(CCC1CCCO1)c1cccc(F)c1. The van der Waals surface area contributed by atoms with E-state index in [1.54, 1.807) is 12.1 Å². The molecule has 0 radical (unpaired) electrons. The average Bonchev–Trinajstić information content (AvgIpc) is 2.82. The van der Waals surface area contributed by atoms with Crippen molar-refractivity contribution in [3.63, 3.8) is 0 Å². The van der Waals surface area contributed by atoms with Crippen LogP contribution in [0.25, 0.3) is 0 Å². The van der Waals surface area contributed by atoms with E-state index in [4.69, 9.17) is 4.74 Å². The van der Waals surface area contributed by atoms with Crippen molar-refractivity contribution >= 4 is 5.97 Å². The summed E-state index contributed by atoms with van der Waals surface area (Å²) in [4.78, 5) is 11.3. The van der Waals surface area contributed by atoms with Gasteiger partial charge in [0, 0.05) is 6.61 Å². The molecular weight excluding hydrogens is 235 g/mol. The first-order chi connectivity index (χ1) is 8.66. The van der Waals surface area contributed by atoms with Gasteiger partial charge in [-0.1, -0.05) is 12.1 Å². The number of hydrogen-bond acceptors (Lipinski definition) is 2. The molecule has 1 aliphatic rings. The van der Waals surface area contributed by atoms with Gasteiger partial charge in [0.1, 0.15) is 5.82 Å². The van der Waals surface area contributed by atoms with Gasteiger partial charge in [0.05, 0.1) is 12.0 Å². The Balaban J connectivity index is 2.01. The summed E-state index contributed by atoms with van der Waals surface area (Å²) >= 11 is 0. The monoisotopic (exact) mass is 252 g/mol. The van der Waals surface area contributed by atoms with Crippen molar-refractivity contribution in [1.82, 2.24) is 0 Å². The number of aliphatic carboxylic acids is 1. The third-order valence-electron chi connectivity index (χ3n) is 3.35. The second kappa shape index (κ2) is 5.96. The summed E-state index contributed by atoms with van der Waals surface area (Å²) in [6, 6.07) is 5.83. The maximum Gasteiger partial charge on any atom is 0.310 e. The first-order valence-electron chi connectivity index (χ1n) is 6.26. The van der Waals surface area contributed by atoms with Gasteiger partial charge in [-0.05, 0) is 43.4 Å². The molecule has 1 aromatic carbocycles. The maximum absolute atomic E-state index is 13.1. The molecule has 4 heteroatoms. The molecule has 18 heavy (non-hydrogen) atoms. The van der Waals surface area contributed by atoms with Gasteiger partial charge < -0.3 is 9.84 Å². The molecule has 2 atom stereocenters. The molecule has 3 nitrogen and oxygen atoms in total. The second-order valence-corrected chi connectivity index (χ2v) is 4.66. The van der Waals surface area contributed by atoms with Gasteiger partial charge >= 0.3 is 5.97 Å². The number of halogens is 1. The first-order valence-corrected chi connectivity index (χ1v) is 6.26. The molecule has 1 N–H and O–H groups in total. The van der Waals surface area contributed by atoms with Gasteiger partial charge in [0.15, 0.2) is 0 Å². The lowest BCUT2D eigenvalue weighted by Crippen LogP contribution is -2.15. The number of carboxylic acids is 1. The summed E-state index contributed by atoms with van der Waals surface area (Å²) in [7, 11) is 0. The summed E-state index contributed by atoms with van der Waals surface area (Å²) in [5.41, 5.74) is 0.528. The fourth-order valence-electron chi connectivity index (χ4n) is 2.38. The van der Waals surface area contributed by atoms with Crippen LogP contribution in [-0.2, 0) is 9.53 Å². The zero-order valence-electron chi connectivity index (χ0n) is 10.1. The van der Waals surface area contributed by atoms with Crippen molar-refractivity contribution in [2.75, 3.05) is 6.61 Å². The minimum Gasteiger partial charge on any atom is -0.481 e. The fourth-order valence-corrected chi connectivity index (χ4v) is 2.38. The lowest BCUT2D eigenvalue weighted by Gasteiger charge is -2.15. The number of hydrogen-bond donors (Lipinski definition) is 1. The number of rotatable bonds is 5. The number of ether oxygens (including phenoxy) is 1. The van der Waals surface area contributed by atoms with Crippen molar-refractivity contribution in [2.24, 2.45) is 0 Å². The molecule has 0 bridgehead atoms. The molecule has 0 amide bonds. The Morgan fingerprint density at radius 2 is 2.39 bits per heavy atom. The minimum atomic E-state index is -0.904. The van der Waals surface area contributed by atoms with Gasteiger partial charge in [-0.3, -0.25) is 4.79 Å². The summed E-state index contributed by atoms with van der Waals surface area (Å²) in [5, 5.41) is 9.23. The smallest absolute Gasteiger partial charge is 0.310 e. The average molecular weight is 252 g/mol. The number of benzene rings is 1. The van der Waals surface area contributed by atoms with Gasteiger partial charge in [0.2, 0.25) is 0 Å². The highest BCUT2D eigenvalue weighted by molar-refractivity contribution is 5.76. The normalized spacial score (nSPS) is 20.8. The van der Waals surface area contributed by atoms with E-state index in [0.717, 1.165) is 19.4 Å². The lowest BCUT2D eigenvalue weighted by atomic mass is 9.92. The Kier molecular flexibility index (Phi) is 4.31. The Bertz CT molecular complexity index is 413. The minimum absolute atomic E-state index is 0.167. The standard InChI is InChI=1S/C14H17FO3/c15-11-4-1-3-10(9-11)13(14(16)17)7-6-12-5-2-8-18-12/h1,3-4,9,12-13H,2,5-8H2,(H,16,17). The van der Waals surface area contributed by atoms with E-state index in [1.165, 1.54) is 12.1 Å². The number of carboxylic acid groups (broad SMARTS) is 1. The van der Waals surface area contributed by atoms with Crippen molar-refractivity contribution in [2.45, 2.75) is 37.7 Å². The largest absolute Gasteiger partial charge is 0.481 e. The second-order valence-electron chi connectivity index (χ2n) is 4.66. The highest BCUT2D eigenvalue weighted by Gasteiger charge is 2.23. The van der Waals surface area contributed by atoms with Crippen LogP contribution in [0.5, 0.6) is 0 Å². The Labute approximate surface area is 106 Å². The highest BCUT2D eigenvalue weighted by Crippen LogP contribution is 2.26. The molecule has 1 aromatic rings. The summed E-state index contributed by atoms with van der Waals surface area (Å²) in [6.45, 7) is 0.766. The van der Waals surface area contributed by atoms with Crippen molar-refractivity contribution in [1.29, 1.82) is 0 Å². The fraction of sp³-hybridized carbons (Fsp3) is 0.500. The zero-order valence-corrected chi connectivity index (χ0v) is 10.1.